The summed E-state index contributed by atoms with van der Waals surface area (Å²) >= 11 is 11.6. The molecule has 0 saturated heterocycles. The van der Waals surface area contributed by atoms with Gasteiger partial charge >= 0.3 is 0 Å². The number of nitro benzene ring substituents is 1. The Morgan fingerprint density at radius 2 is 1.81 bits per heavy atom. The number of halogens is 2. The van der Waals surface area contributed by atoms with Crippen molar-refractivity contribution < 1.29 is 13.3 Å². The van der Waals surface area contributed by atoms with E-state index in [1.54, 1.807) is 0 Å². The van der Waals surface area contributed by atoms with Gasteiger partial charge < -0.3 is 4.72 Å². The summed E-state index contributed by atoms with van der Waals surface area (Å²) < 4.78 is 27.9. The fraction of sp³-hybridized carbons (Fsp3) is 0. The van der Waals surface area contributed by atoms with E-state index < -0.39 is 14.9 Å². The maximum Gasteiger partial charge on any atom is 0.268 e. The van der Waals surface area contributed by atoms with Crippen LogP contribution in [0.2, 0.25) is 10.0 Å². The number of sulfonamides is 1. The quantitative estimate of drug-likeness (QED) is 0.610. The predicted molar refractivity (Wildman–Crippen MR) is 79.8 cm³/mol. The Kier molecular flexibility index (Phi) is 4.36. The molecule has 21 heavy (non-hydrogen) atoms. The maximum atomic E-state index is 12.2. The summed E-state index contributed by atoms with van der Waals surface area (Å²) in [6.07, 6.45) is 0. The molecule has 0 bridgehead atoms. The average molecular weight is 346 g/mol. The van der Waals surface area contributed by atoms with Crippen molar-refractivity contribution in [3.63, 3.8) is 0 Å². The van der Waals surface area contributed by atoms with Crippen LogP contribution < -0.4 is 0 Å². The minimum absolute atomic E-state index is 0.0337. The van der Waals surface area contributed by atoms with E-state index in [9.17, 15) is 18.5 Å². The first-order chi connectivity index (χ1) is 9.79. The molecule has 0 heterocycles. The third kappa shape index (κ3) is 3.63. The van der Waals surface area contributed by atoms with E-state index in [4.69, 9.17) is 23.2 Å². The molecule has 0 aliphatic carbocycles. The zero-order chi connectivity index (χ0) is 15.6. The molecule has 0 N–H and O–H groups in total. The Morgan fingerprint density at radius 3 is 2.48 bits per heavy atom. The van der Waals surface area contributed by atoms with Gasteiger partial charge in [-0.2, -0.15) is 0 Å². The highest BCUT2D eigenvalue weighted by Gasteiger charge is 2.12. The van der Waals surface area contributed by atoms with Gasteiger partial charge in [0.05, 0.1) is 14.8 Å². The SMILES string of the molecule is O=[N+]([O-])c1cccc([N-]S(=O)(=O)c2cc(Cl)ccc2Cl)c1. The fourth-order valence-electron chi connectivity index (χ4n) is 1.53. The van der Waals surface area contributed by atoms with Crippen LogP contribution in [0.15, 0.2) is 47.4 Å². The molecule has 0 aliphatic rings. The molecule has 0 unspecified atom stereocenters. The lowest BCUT2D eigenvalue weighted by atomic mass is 10.3. The molecule has 2 aromatic carbocycles. The van der Waals surface area contributed by atoms with Crippen molar-refractivity contribution in [2.75, 3.05) is 0 Å². The summed E-state index contributed by atoms with van der Waals surface area (Å²) in [5, 5.41) is 10.8. The van der Waals surface area contributed by atoms with Gasteiger partial charge in [0.1, 0.15) is 10.0 Å². The van der Waals surface area contributed by atoms with E-state index in [0.29, 0.717) is 0 Å². The molecule has 0 aliphatic heterocycles. The lowest BCUT2D eigenvalue weighted by molar-refractivity contribution is -0.384. The van der Waals surface area contributed by atoms with E-state index in [1.165, 1.54) is 36.4 Å². The molecule has 0 amide bonds. The van der Waals surface area contributed by atoms with Gasteiger partial charge in [-0.3, -0.25) is 10.1 Å². The van der Waals surface area contributed by atoms with Crippen molar-refractivity contribution in [1.29, 1.82) is 0 Å². The van der Waals surface area contributed by atoms with Gasteiger partial charge in [0.15, 0.2) is 0 Å². The van der Waals surface area contributed by atoms with Gasteiger partial charge in [0.25, 0.3) is 5.69 Å². The predicted octanol–water partition coefficient (Wildman–Crippen LogP) is 4.30. The summed E-state index contributed by atoms with van der Waals surface area (Å²) in [4.78, 5) is 9.76. The van der Waals surface area contributed by atoms with Crippen LogP contribution in [-0.2, 0) is 10.0 Å². The van der Waals surface area contributed by atoms with Crippen LogP contribution in [0.5, 0.6) is 0 Å². The van der Waals surface area contributed by atoms with Crippen LogP contribution in [0.1, 0.15) is 0 Å². The number of rotatable bonds is 4. The monoisotopic (exact) mass is 345 g/mol. The van der Waals surface area contributed by atoms with Crippen molar-refractivity contribution in [3.8, 4) is 0 Å². The number of hydrogen-bond donors (Lipinski definition) is 0. The highest BCUT2D eigenvalue weighted by molar-refractivity contribution is 7.94. The number of non-ortho nitro benzene ring substituents is 1. The summed E-state index contributed by atoms with van der Waals surface area (Å²) in [5.41, 5.74) is -0.330. The third-order valence-electron chi connectivity index (χ3n) is 2.44. The zero-order valence-corrected chi connectivity index (χ0v) is 12.6. The smallest absolute Gasteiger partial charge is 0.268 e. The maximum absolute atomic E-state index is 12.2. The first kappa shape index (κ1) is 15.6. The molecule has 6 nitrogen and oxygen atoms in total. The van der Waals surface area contributed by atoms with Gasteiger partial charge in [-0.05, 0) is 18.2 Å². The van der Waals surface area contributed by atoms with Crippen LogP contribution in [0, 0.1) is 10.1 Å². The Balaban J connectivity index is 2.40. The third-order valence-corrected chi connectivity index (χ3v) is 4.46. The Morgan fingerprint density at radius 1 is 1.10 bits per heavy atom. The molecular weight excluding hydrogens is 339 g/mol. The van der Waals surface area contributed by atoms with Crippen molar-refractivity contribution in [1.82, 2.24) is 0 Å². The van der Waals surface area contributed by atoms with E-state index in [1.807, 2.05) is 0 Å². The summed E-state index contributed by atoms with van der Waals surface area (Å²) in [6.45, 7) is 0. The van der Waals surface area contributed by atoms with Crippen LogP contribution in [0.4, 0.5) is 11.4 Å². The van der Waals surface area contributed by atoms with Crippen molar-refractivity contribution in [2.24, 2.45) is 0 Å². The number of benzene rings is 2. The van der Waals surface area contributed by atoms with Gasteiger partial charge in [0.2, 0.25) is 0 Å². The molecule has 2 rings (SSSR count). The van der Waals surface area contributed by atoms with Gasteiger partial charge in [0, 0.05) is 17.2 Å². The largest absolute Gasteiger partial charge is 0.572 e. The molecule has 0 atom stereocenters. The van der Waals surface area contributed by atoms with Crippen molar-refractivity contribution in [2.45, 2.75) is 4.90 Å². The Bertz CT molecular complexity index is 809. The second-order valence-corrected chi connectivity index (χ2v) is 6.33. The molecule has 0 saturated carbocycles. The van der Waals surface area contributed by atoms with Gasteiger partial charge in [-0.25, -0.2) is 8.42 Å². The van der Waals surface area contributed by atoms with Crippen LogP contribution >= 0.6 is 23.2 Å². The number of hydrogen-bond acceptors (Lipinski definition) is 4. The van der Waals surface area contributed by atoms with Crippen LogP contribution in [0.3, 0.4) is 0 Å². The molecule has 2 aromatic rings. The van der Waals surface area contributed by atoms with Gasteiger partial charge in [-0.1, -0.05) is 35.3 Å². The lowest BCUT2D eigenvalue weighted by Crippen LogP contribution is -1.99. The molecule has 0 radical (unpaired) electrons. The first-order valence-electron chi connectivity index (χ1n) is 5.47. The molecule has 0 aromatic heterocycles. The zero-order valence-electron chi connectivity index (χ0n) is 10.2. The molecule has 9 heteroatoms. The Labute approximate surface area is 130 Å². The van der Waals surface area contributed by atoms with E-state index in [0.717, 1.165) is 6.07 Å². The molecule has 0 fully saturated rings. The van der Waals surface area contributed by atoms with E-state index in [2.05, 4.69) is 4.72 Å². The number of nitrogens with zero attached hydrogens (tertiary/aromatic N) is 2. The second kappa shape index (κ2) is 5.88. The number of nitro groups is 1. The highest BCUT2D eigenvalue weighted by atomic mass is 35.5. The lowest BCUT2D eigenvalue weighted by Gasteiger charge is -2.22. The second-order valence-electron chi connectivity index (χ2n) is 3.92. The minimum atomic E-state index is -4.12. The minimum Gasteiger partial charge on any atom is -0.572 e. The molecule has 0 spiro atoms. The summed E-state index contributed by atoms with van der Waals surface area (Å²) in [6, 6.07) is 8.90. The topological polar surface area (TPSA) is 91.4 Å². The molecule has 110 valence electrons. The standard InChI is InChI=1S/C12H7Cl2N2O4S/c13-8-4-5-11(14)12(6-8)21(19,20)15-9-2-1-3-10(7-9)16(17)18/h1-7H/q-1. The van der Waals surface area contributed by atoms with Crippen LogP contribution in [-0.4, -0.2) is 13.3 Å². The fourth-order valence-corrected chi connectivity index (χ4v) is 3.25. The van der Waals surface area contributed by atoms with Gasteiger partial charge in [-0.15, -0.1) is 5.69 Å². The summed E-state index contributed by atoms with van der Waals surface area (Å²) in [5.74, 6) is 0. The van der Waals surface area contributed by atoms with Crippen molar-refractivity contribution >= 4 is 44.6 Å². The average Bonchev–Trinajstić information content (AvgIpc) is 2.41. The normalized spacial score (nSPS) is 11.1. The Hall–Kier alpha value is -1.83. The van der Waals surface area contributed by atoms with E-state index in [-0.39, 0.29) is 26.3 Å². The van der Waals surface area contributed by atoms with Crippen molar-refractivity contribution in [3.05, 3.63) is 67.3 Å². The van der Waals surface area contributed by atoms with E-state index >= 15 is 0 Å². The van der Waals surface area contributed by atoms with Crippen LogP contribution in [0.25, 0.3) is 4.72 Å². The first-order valence-corrected chi connectivity index (χ1v) is 7.67. The molecular formula is C12H7Cl2N2O4S-. The summed E-state index contributed by atoms with van der Waals surface area (Å²) in [7, 11) is -4.12. The highest BCUT2D eigenvalue weighted by Crippen LogP contribution is 2.34.